The zero-order valence-corrected chi connectivity index (χ0v) is 10.7. The normalized spacial score (nSPS) is 15.1. The lowest BCUT2D eigenvalue weighted by molar-refractivity contribution is 0.112. The van der Waals surface area contributed by atoms with Crippen LogP contribution in [0.5, 0.6) is 0 Å². The van der Waals surface area contributed by atoms with Crippen LogP contribution in [0.2, 0.25) is 0 Å². The highest BCUT2D eigenvalue weighted by molar-refractivity contribution is 7.17. The first kappa shape index (κ1) is 11.6. The van der Waals surface area contributed by atoms with Crippen molar-refractivity contribution in [2.45, 2.75) is 32.6 Å². The van der Waals surface area contributed by atoms with E-state index in [0.29, 0.717) is 0 Å². The third kappa shape index (κ3) is 2.61. The van der Waals surface area contributed by atoms with Crippen molar-refractivity contribution in [2.24, 2.45) is 5.92 Å². The standard InChI is InChI=1S/C12H18N2OS/c1-3-4-10-11(8-15)16-12(13-10)14(2)7-9-5-6-9/h8-9H,3-7H2,1-2H3. The third-order valence-electron chi connectivity index (χ3n) is 2.87. The Bertz CT molecular complexity index is 371. The van der Waals surface area contributed by atoms with Gasteiger partial charge in [0.15, 0.2) is 11.4 Å². The lowest BCUT2D eigenvalue weighted by Gasteiger charge is -2.14. The number of aromatic nitrogens is 1. The zero-order chi connectivity index (χ0) is 11.5. The molecular weight excluding hydrogens is 220 g/mol. The number of anilines is 1. The summed E-state index contributed by atoms with van der Waals surface area (Å²) in [6.07, 6.45) is 5.57. The van der Waals surface area contributed by atoms with Crippen molar-refractivity contribution < 1.29 is 4.79 Å². The van der Waals surface area contributed by atoms with Crippen LogP contribution in [0.15, 0.2) is 0 Å². The molecule has 0 N–H and O–H groups in total. The van der Waals surface area contributed by atoms with Crippen LogP contribution in [0.1, 0.15) is 41.6 Å². The van der Waals surface area contributed by atoms with E-state index in [4.69, 9.17) is 0 Å². The van der Waals surface area contributed by atoms with Gasteiger partial charge in [-0.3, -0.25) is 4.79 Å². The van der Waals surface area contributed by atoms with Crippen LogP contribution in [-0.4, -0.2) is 24.9 Å². The van der Waals surface area contributed by atoms with Gasteiger partial charge in [0.05, 0.1) is 10.6 Å². The van der Waals surface area contributed by atoms with E-state index < -0.39 is 0 Å². The van der Waals surface area contributed by atoms with Crippen LogP contribution < -0.4 is 4.90 Å². The fourth-order valence-electron chi connectivity index (χ4n) is 1.79. The lowest BCUT2D eigenvalue weighted by atomic mass is 10.2. The molecule has 0 unspecified atom stereocenters. The van der Waals surface area contributed by atoms with Gasteiger partial charge >= 0.3 is 0 Å². The molecule has 4 heteroatoms. The fraction of sp³-hybridized carbons (Fsp3) is 0.667. The van der Waals surface area contributed by atoms with Gasteiger partial charge < -0.3 is 4.90 Å². The second kappa shape index (κ2) is 4.95. The Morgan fingerprint density at radius 1 is 1.56 bits per heavy atom. The second-order valence-corrected chi connectivity index (χ2v) is 5.51. The summed E-state index contributed by atoms with van der Waals surface area (Å²) in [6.45, 7) is 3.19. The molecule has 1 aromatic rings. The average Bonchev–Trinajstić information content (AvgIpc) is 2.97. The summed E-state index contributed by atoms with van der Waals surface area (Å²) in [5.41, 5.74) is 0.972. The first-order valence-electron chi connectivity index (χ1n) is 5.90. The van der Waals surface area contributed by atoms with Gasteiger partial charge in [0, 0.05) is 13.6 Å². The van der Waals surface area contributed by atoms with Crippen molar-refractivity contribution in [3.63, 3.8) is 0 Å². The van der Waals surface area contributed by atoms with Crippen molar-refractivity contribution in [3.05, 3.63) is 10.6 Å². The maximum absolute atomic E-state index is 10.9. The molecule has 3 nitrogen and oxygen atoms in total. The summed E-state index contributed by atoms with van der Waals surface area (Å²) in [5.74, 6) is 0.850. The van der Waals surface area contributed by atoms with Gasteiger partial charge in [-0.25, -0.2) is 4.98 Å². The van der Waals surface area contributed by atoms with Gasteiger partial charge in [-0.05, 0) is 25.2 Å². The van der Waals surface area contributed by atoms with Crippen molar-refractivity contribution in [3.8, 4) is 0 Å². The zero-order valence-electron chi connectivity index (χ0n) is 9.90. The number of thiazole rings is 1. The molecular formula is C12H18N2OS. The first-order chi connectivity index (χ1) is 7.74. The van der Waals surface area contributed by atoms with E-state index in [0.717, 1.165) is 47.3 Å². The van der Waals surface area contributed by atoms with E-state index in [1.807, 2.05) is 0 Å². The molecule has 0 bridgehead atoms. The smallest absolute Gasteiger partial charge is 0.185 e. The lowest BCUT2D eigenvalue weighted by Crippen LogP contribution is -2.19. The Kier molecular flexibility index (Phi) is 3.59. The van der Waals surface area contributed by atoms with E-state index >= 15 is 0 Å². The summed E-state index contributed by atoms with van der Waals surface area (Å²) in [4.78, 5) is 18.5. The van der Waals surface area contributed by atoms with E-state index in [-0.39, 0.29) is 0 Å². The van der Waals surface area contributed by atoms with Crippen molar-refractivity contribution >= 4 is 22.8 Å². The molecule has 1 aliphatic carbocycles. The molecule has 0 amide bonds. The SMILES string of the molecule is CCCc1nc(N(C)CC2CC2)sc1C=O. The number of hydrogen-bond acceptors (Lipinski definition) is 4. The Morgan fingerprint density at radius 3 is 2.88 bits per heavy atom. The Labute approximate surface area is 100 Å². The number of carbonyl (C=O) groups excluding carboxylic acids is 1. The van der Waals surface area contributed by atoms with Gasteiger partial charge in [0.1, 0.15) is 0 Å². The van der Waals surface area contributed by atoms with Gasteiger partial charge in [-0.1, -0.05) is 24.7 Å². The van der Waals surface area contributed by atoms with Crippen molar-refractivity contribution in [1.82, 2.24) is 4.98 Å². The first-order valence-corrected chi connectivity index (χ1v) is 6.72. The number of carbonyl (C=O) groups is 1. The van der Waals surface area contributed by atoms with Crippen LogP contribution in [0, 0.1) is 5.92 Å². The topological polar surface area (TPSA) is 33.2 Å². The van der Waals surface area contributed by atoms with E-state index in [2.05, 4.69) is 23.9 Å². The van der Waals surface area contributed by atoms with E-state index in [1.165, 1.54) is 24.2 Å². The monoisotopic (exact) mass is 238 g/mol. The maximum Gasteiger partial charge on any atom is 0.185 e. The fourth-order valence-corrected chi connectivity index (χ4v) is 2.68. The molecule has 1 saturated carbocycles. The quantitative estimate of drug-likeness (QED) is 0.714. The highest BCUT2D eigenvalue weighted by Crippen LogP contribution is 2.32. The Hall–Kier alpha value is -0.900. The molecule has 0 aliphatic heterocycles. The summed E-state index contributed by atoms with van der Waals surface area (Å²) in [5, 5.41) is 0.998. The predicted molar refractivity (Wildman–Crippen MR) is 67.5 cm³/mol. The van der Waals surface area contributed by atoms with Crippen molar-refractivity contribution in [2.75, 3.05) is 18.5 Å². The highest BCUT2D eigenvalue weighted by Gasteiger charge is 2.24. The summed E-state index contributed by atoms with van der Waals surface area (Å²) in [7, 11) is 2.07. The highest BCUT2D eigenvalue weighted by atomic mass is 32.1. The molecule has 1 aliphatic rings. The van der Waals surface area contributed by atoms with Crippen LogP contribution in [0.25, 0.3) is 0 Å². The van der Waals surface area contributed by atoms with Crippen LogP contribution in [0.4, 0.5) is 5.13 Å². The van der Waals surface area contributed by atoms with Gasteiger partial charge in [0.2, 0.25) is 0 Å². The van der Waals surface area contributed by atoms with Crippen LogP contribution in [0.3, 0.4) is 0 Å². The second-order valence-electron chi connectivity index (χ2n) is 4.50. The minimum absolute atomic E-state index is 0.805. The number of rotatable bonds is 6. The minimum Gasteiger partial charge on any atom is -0.351 e. The van der Waals surface area contributed by atoms with Crippen LogP contribution >= 0.6 is 11.3 Å². The molecule has 1 fully saturated rings. The summed E-state index contributed by atoms with van der Waals surface area (Å²) < 4.78 is 0. The molecule has 0 spiro atoms. The van der Waals surface area contributed by atoms with Crippen LogP contribution in [-0.2, 0) is 6.42 Å². The van der Waals surface area contributed by atoms with Crippen molar-refractivity contribution in [1.29, 1.82) is 0 Å². The molecule has 1 heterocycles. The minimum atomic E-state index is 0.805. The third-order valence-corrected chi connectivity index (χ3v) is 4.00. The van der Waals surface area contributed by atoms with Gasteiger partial charge in [-0.15, -0.1) is 0 Å². The molecule has 0 saturated heterocycles. The number of aldehydes is 1. The van der Waals surface area contributed by atoms with Gasteiger partial charge in [-0.2, -0.15) is 0 Å². The molecule has 16 heavy (non-hydrogen) atoms. The molecule has 0 aromatic carbocycles. The molecule has 88 valence electrons. The number of aryl methyl sites for hydroxylation is 1. The van der Waals surface area contributed by atoms with Gasteiger partial charge in [0.25, 0.3) is 0 Å². The number of hydrogen-bond donors (Lipinski definition) is 0. The largest absolute Gasteiger partial charge is 0.351 e. The maximum atomic E-state index is 10.9. The summed E-state index contributed by atoms with van der Waals surface area (Å²) in [6, 6.07) is 0. The predicted octanol–water partition coefficient (Wildman–Crippen LogP) is 2.75. The average molecular weight is 238 g/mol. The Balaban J connectivity index is 2.10. The molecule has 0 radical (unpaired) electrons. The molecule has 2 rings (SSSR count). The number of nitrogens with zero attached hydrogens (tertiary/aromatic N) is 2. The molecule has 0 atom stereocenters. The van der Waals surface area contributed by atoms with E-state index in [1.54, 1.807) is 0 Å². The molecule has 1 aromatic heterocycles. The van der Waals surface area contributed by atoms with E-state index in [9.17, 15) is 4.79 Å². The Morgan fingerprint density at radius 2 is 2.31 bits per heavy atom. The summed E-state index contributed by atoms with van der Waals surface area (Å²) >= 11 is 1.52.